The number of ether oxygens (including phenoxy) is 1. The molecule has 0 amide bonds. The van der Waals surface area contributed by atoms with Gasteiger partial charge >= 0.3 is 11.9 Å². The highest BCUT2D eigenvalue weighted by atomic mass is 16.5. The number of carbonyl (C=O) groups is 2. The maximum atomic E-state index is 14.2. The van der Waals surface area contributed by atoms with Crippen molar-refractivity contribution in [3.63, 3.8) is 0 Å². The number of carbonyl (C=O) groups excluding carboxylic acids is 1. The van der Waals surface area contributed by atoms with Gasteiger partial charge in [0.15, 0.2) is 0 Å². The molecule has 4 aliphatic rings. The fraction of sp³-hybridized carbons (Fsp3) is 0.368. The number of pyridine rings is 1. The second-order valence-corrected chi connectivity index (χ2v) is 13.5. The summed E-state index contributed by atoms with van der Waals surface area (Å²) in [7, 11) is 0. The topological polar surface area (TPSA) is 144 Å². The van der Waals surface area contributed by atoms with Gasteiger partial charge in [-0.25, -0.2) is 9.78 Å². The van der Waals surface area contributed by atoms with Crippen molar-refractivity contribution in [2.45, 2.75) is 38.6 Å². The Hall–Kier alpha value is -5.16. The Kier molecular flexibility index (Phi) is 8.07. The smallest absolute Gasteiger partial charge is 0.335 e. The first-order valence-corrected chi connectivity index (χ1v) is 17.3. The number of aromatic amines is 2. The van der Waals surface area contributed by atoms with Gasteiger partial charge in [0, 0.05) is 42.3 Å². The third-order valence-electron chi connectivity index (χ3n) is 10.6. The van der Waals surface area contributed by atoms with E-state index in [-0.39, 0.29) is 29.1 Å². The average molecular weight is 661 g/mol. The Balaban J connectivity index is 1.30. The summed E-state index contributed by atoms with van der Waals surface area (Å²) < 4.78 is 5.31. The summed E-state index contributed by atoms with van der Waals surface area (Å²) in [5.41, 5.74) is 6.21. The van der Waals surface area contributed by atoms with E-state index in [1.807, 2.05) is 49.4 Å². The second-order valence-electron chi connectivity index (χ2n) is 13.5. The van der Waals surface area contributed by atoms with E-state index in [0.717, 1.165) is 71.4 Å². The molecule has 3 aromatic carbocycles. The summed E-state index contributed by atoms with van der Waals surface area (Å²) >= 11 is 0. The van der Waals surface area contributed by atoms with Gasteiger partial charge in [0.2, 0.25) is 0 Å². The van der Waals surface area contributed by atoms with Crippen LogP contribution in [0.2, 0.25) is 0 Å². The van der Waals surface area contributed by atoms with Crippen LogP contribution in [0.3, 0.4) is 0 Å². The van der Waals surface area contributed by atoms with Gasteiger partial charge in [0.25, 0.3) is 5.56 Å². The molecular weight excluding hydrogens is 620 g/mol. The normalized spacial score (nSPS) is 20.9. The monoisotopic (exact) mass is 660 g/mol. The van der Waals surface area contributed by atoms with Crippen molar-refractivity contribution in [3.8, 4) is 22.5 Å². The van der Waals surface area contributed by atoms with Crippen LogP contribution in [-0.2, 0) is 9.53 Å². The molecular formula is C38H40N6O5. The van der Waals surface area contributed by atoms with Crippen molar-refractivity contribution in [2.75, 3.05) is 49.5 Å². The van der Waals surface area contributed by atoms with E-state index in [4.69, 9.17) is 9.72 Å². The first-order chi connectivity index (χ1) is 23.9. The van der Waals surface area contributed by atoms with E-state index in [1.54, 1.807) is 12.1 Å². The molecule has 0 radical (unpaired) electrons. The van der Waals surface area contributed by atoms with Gasteiger partial charge in [0.1, 0.15) is 11.4 Å². The first kappa shape index (κ1) is 31.1. The van der Waals surface area contributed by atoms with Crippen LogP contribution in [0.25, 0.3) is 44.5 Å². The third kappa shape index (κ3) is 5.82. The molecule has 11 nitrogen and oxygen atoms in total. The van der Waals surface area contributed by atoms with Gasteiger partial charge in [-0.05, 0) is 93.6 Å². The van der Waals surface area contributed by atoms with Crippen molar-refractivity contribution >= 4 is 45.2 Å². The molecule has 11 heteroatoms. The van der Waals surface area contributed by atoms with Crippen LogP contribution in [0.5, 0.6) is 0 Å². The summed E-state index contributed by atoms with van der Waals surface area (Å²) in [6, 6.07) is 19.0. The maximum absolute atomic E-state index is 14.2. The summed E-state index contributed by atoms with van der Waals surface area (Å²) in [6.45, 7) is 6.58. The highest BCUT2D eigenvalue weighted by Crippen LogP contribution is 2.42. The number of fused-ring (bicyclic) bond motifs is 5. The molecule has 1 atom stereocenters. The number of carboxylic acids is 1. The number of nitrogens with zero attached hydrogens (tertiary/aromatic N) is 3. The van der Waals surface area contributed by atoms with Gasteiger partial charge in [-0.15, -0.1) is 0 Å². The molecule has 9 rings (SSSR count). The minimum Gasteiger partial charge on any atom is -0.478 e. The molecule has 5 aromatic rings. The van der Waals surface area contributed by atoms with E-state index in [9.17, 15) is 19.5 Å². The molecule has 4 fully saturated rings. The molecule has 6 heterocycles. The van der Waals surface area contributed by atoms with Crippen LogP contribution < -0.4 is 15.8 Å². The average Bonchev–Trinajstić information content (AvgIpc) is 3.56. The Labute approximate surface area is 283 Å². The first-order valence-electron chi connectivity index (χ1n) is 17.3. The lowest BCUT2D eigenvalue weighted by Crippen LogP contribution is -2.53. The number of piperidine rings is 4. The lowest BCUT2D eigenvalue weighted by Gasteiger charge is -2.45. The van der Waals surface area contributed by atoms with Crippen molar-refractivity contribution < 1.29 is 19.4 Å². The Morgan fingerprint density at radius 2 is 1.71 bits per heavy atom. The Bertz CT molecular complexity index is 2070. The minimum atomic E-state index is -0.983. The number of hydrogen-bond donors (Lipinski definition) is 4. The zero-order valence-corrected chi connectivity index (χ0v) is 27.5. The number of benzene rings is 3. The number of carboxylic acid groups (broad SMARTS) is 1. The Morgan fingerprint density at radius 3 is 2.39 bits per heavy atom. The molecule has 4 aliphatic heterocycles. The van der Waals surface area contributed by atoms with E-state index in [2.05, 4.69) is 31.2 Å². The van der Waals surface area contributed by atoms with Crippen LogP contribution in [0.4, 0.5) is 11.4 Å². The summed E-state index contributed by atoms with van der Waals surface area (Å²) in [5.74, 6) is -0.283. The quantitative estimate of drug-likeness (QED) is 0.154. The molecule has 4 N–H and O–H groups in total. The minimum absolute atomic E-state index is 0.154. The SMILES string of the molecule is CCOC(=O)C1CCN(c2cc3[nH]c(=O)c(-c4nc5ccccc5[nH]4)c(N[C@H]4CN5CCC4CC5)c3cc2-c2ccc(C(=O)O)cc2)CC1. The Morgan fingerprint density at radius 1 is 0.959 bits per heavy atom. The van der Waals surface area contributed by atoms with Crippen molar-refractivity contribution in [1.82, 2.24) is 19.9 Å². The predicted molar refractivity (Wildman–Crippen MR) is 190 cm³/mol. The molecule has 4 saturated heterocycles. The van der Waals surface area contributed by atoms with Crippen molar-refractivity contribution in [2.24, 2.45) is 11.8 Å². The number of imidazole rings is 1. The number of esters is 1. The summed E-state index contributed by atoms with van der Waals surface area (Å²) in [5, 5.41) is 14.3. The van der Waals surface area contributed by atoms with Crippen LogP contribution in [-0.4, -0.2) is 82.3 Å². The van der Waals surface area contributed by atoms with E-state index < -0.39 is 5.97 Å². The van der Waals surface area contributed by atoms with Gasteiger partial charge in [-0.2, -0.15) is 0 Å². The molecule has 0 saturated carbocycles. The third-order valence-corrected chi connectivity index (χ3v) is 10.6. The van der Waals surface area contributed by atoms with E-state index >= 15 is 0 Å². The lowest BCUT2D eigenvalue weighted by atomic mass is 9.83. The zero-order chi connectivity index (χ0) is 33.6. The van der Waals surface area contributed by atoms with Crippen molar-refractivity contribution in [1.29, 1.82) is 0 Å². The number of hydrogen-bond acceptors (Lipinski definition) is 8. The van der Waals surface area contributed by atoms with Gasteiger partial charge in [-0.3, -0.25) is 9.59 Å². The van der Waals surface area contributed by atoms with Crippen LogP contribution in [0.1, 0.15) is 43.0 Å². The molecule has 2 bridgehead atoms. The number of anilines is 2. The number of aromatic nitrogens is 3. The maximum Gasteiger partial charge on any atom is 0.335 e. The number of nitrogens with one attached hydrogen (secondary N) is 3. The molecule has 49 heavy (non-hydrogen) atoms. The van der Waals surface area contributed by atoms with Crippen LogP contribution in [0.15, 0.2) is 65.5 Å². The van der Waals surface area contributed by atoms with Crippen LogP contribution in [0, 0.1) is 11.8 Å². The fourth-order valence-electron chi connectivity index (χ4n) is 7.99. The molecule has 0 aliphatic carbocycles. The largest absolute Gasteiger partial charge is 0.478 e. The number of aromatic carboxylic acids is 1. The number of rotatable bonds is 8. The van der Waals surface area contributed by atoms with Gasteiger partial charge < -0.3 is 34.9 Å². The molecule has 252 valence electrons. The molecule has 0 spiro atoms. The van der Waals surface area contributed by atoms with E-state index in [0.29, 0.717) is 55.4 Å². The van der Waals surface area contributed by atoms with Gasteiger partial charge in [0.05, 0.1) is 40.3 Å². The highest BCUT2D eigenvalue weighted by Gasteiger charge is 2.35. The van der Waals surface area contributed by atoms with E-state index in [1.165, 1.54) is 0 Å². The molecule has 2 aromatic heterocycles. The standard InChI is InChI=1S/C38H40N6O5/c1-2-49-38(48)25-13-17-44(18-14-25)32-20-30-27(19-26(32)22-7-9-24(10-8-22)37(46)47)34(39-31-21-43-15-11-23(31)12-16-43)33(36(45)42-30)35-40-28-5-3-4-6-29(28)41-35/h3-10,19-20,23,25,31H,2,11-18,21H2,1H3,(H,40,41)(H,46,47)(H2,39,42,45)/t31-/m0/s1. The predicted octanol–water partition coefficient (Wildman–Crippen LogP) is 5.72. The number of H-pyrrole nitrogens is 2. The molecule has 0 unspecified atom stereocenters. The van der Waals surface area contributed by atoms with Gasteiger partial charge in [-0.1, -0.05) is 24.3 Å². The summed E-state index contributed by atoms with van der Waals surface area (Å²) in [4.78, 5) is 54.6. The number of para-hydroxylation sites is 2. The highest BCUT2D eigenvalue weighted by molar-refractivity contribution is 6.04. The zero-order valence-electron chi connectivity index (χ0n) is 27.5. The summed E-state index contributed by atoms with van der Waals surface area (Å²) in [6.07, 6.45) is 3.54. The van der Waals surface area contributed by atoms with Crippen LogP contribution >= 0.6 is 0 Å². The lowest BCUT2D eigenvalue weighted by molar-refractivity contribution is -0.148. The second kappa shape index (κ2) is 12.7. The van der Waals surface area contributed by atoms with Crippen molar-refractivity contribution in [3.05, 3.63) is 76.6 Å². The fourth-order valence-corrected chi connectivity index (χ4v) is 7.99.